The summed E-state index contributed by atoms with van der Waals surface area (Å²) in [6.45, 7) is -2.99. The molecular formula is C15H15N3O3. The summed E-state index contributed by atoms with van der Waals surface area (Å²) in [5, 5.41) is -0.284. The van der Waals surface area contributed by atoms with E-state index in [0.717, 1.165) is 0 Å². The molecule has 1 aromatic heterocycles. The molecule has 2 atom stereocenters. The number of nitrogen functional groups attached to an aromatic ring is 1. The SMILES string of the molecule is [2H]c1ccc(N)c2c(=O)n(C3([2H])CC([2H])C(=O)CC3=O)c(C([2H])([2H])[2H])nc12. The molecule has 6 nitrogen and oxygen atoms in total. The lowest BCUT2D eigenvalue weighted by molar-refractivity contribution is -0.132. The van der Waals surface area contributed by atoms with Crippen LogP contribution in [0.5, 0.6) is 0 Å². The first-order chi connectivity index (χ1) is 12.4. The summed E-state index contributed by atoms with van der Waals surface area (Å²) in [6.07, 6.45) is -2.88. The van der Waals surface area contributed by atoms with Crippen LogP contribution in [0.25, 0.3) is 10.9 Å². The molecule has 0 amide bonds. The van der Waals surface area contributed by atoms with Gasteiger partial charge in [0.25, 0.3) is 5.56 Å². The van der Waals surface area contributed by atoms with Crippen LogP contribution in [0.4, 0.5) is 5.69 Å². The molecule has 0 aliphatic heterocycles. The largest absolute Gasteiger partial charge is 0.398 e. The fraction of sp³-hybridized carbons (Fsp3) is 0.333. The molecular weight excluding hydrogens is 270 g/mol. The highest BCUT2D eigenvalue weighted by Crippen LogP contribution is 2.24. The van der Waals surface area contributed by atoms with Crippen molar-refractivity contribution in [2.24, 2.45) is 0 Å². The van der Waals surface area contributed by atoms with E-state index in [2.05, 4.69) is 4.98 Å². The third kappa shape index (κ3) is 2.12. The number of rotatable bonds is 1. The summed E-state index contributed by atoms with van der Waals surface area (Å²) >= 11 is 0. The molecule has 6 heteroatoms. The van der Waals surface area contributed by atoms with Crippen molar-refractivity contribution >= 4 is 28.2 Å². The van der Waals surface area contributed by atoms with Crippen LogP contribution in [-0.4, -0.2) is 21.1 Å². The van der Waals surface area contributed by atoms with E-state index < -0.39 is 55.1 Å². The number of carbonyl (C=O) groups is 2. The number of aromatic nitrogens is 2. The molecule has 0 radical (unpaired) electrons. The lowest BCUT2D eigenvalue weighted by atomic mass is 9.92. The monoisotopic (exact) mass is 291 g/mol. The van der Waals surface area contributed by atoms with Crippen LogP contribution in [0, 0.1) is 6.85 Å². The number of benzene rings is 1. The number of aryl methyl sites for hydroxylation is 1. The van der Waals surface area contributed by atoms with Gasteiger partial charge in [-0.2, -0.15) is 0 Å². The van der Waals surface area contributed by atoms with Crippen molar-refractivity contribution in [1.82, 2.24) is 9.55 Å². The summed E-state index contributed by atoms with van der Waals surface area (Å²) in [4.78, 5) is 41.1. The zero-order valence-corrected chi connectivity index (χ0v) is 10.8. The summed E-state index contributed by atoms with van der Waals surface area (Å²) < 4.78 is 47.6. The number of anilines is 1. The van der Waals surface area contributed by atoms with Gasteiger partial charge < -0.3 is 5.73 Å². The highest BCUT2D eigenvalue weighted by atomic mass is 16.2. The van der Waals surface area contributed by atoms with Crippen molar-refractivity contribution in [3.05, 3.63) is 34.4 Å². The second-order valence-corrected chi connectivity index (χ2v) is 4.65. The van der Waals surface area contributed by atoms with E-state index in [0.29, 0.717) is 4.57 Å². The molecule has 1 aliphatic rings. The summed E-state index contributed by atoms with van der Waals surface area (Å²) in [5.41, 5.74) is 4.38. The Bertz CT molecular complexity index is 1050. The molecule has 1 aromatic carbocycles. The summed E-state index contributed by atoms with van der Waals surface area (Å²) in [5.74, 6) is -2.55. The molecule has 1 saturated carbocycles. The summed E-state index contributed by atoms with van der Waals surface area (Å²) in [7, 11) is 0. The van der Waals surface area contributed by atoms with Crippen molar-refractivity contribution in [3.63, 3.8) is 0 Å². The van der Waals surface area contributed by atoms with Crippen molar-refractivity contribution in [2.75, 3.05) is 5.73 Å². The van der Waals surface area contributed by atoms with Crippen LogP contribution < -0.4 is 11.3 Å². The Hall–Kier alpha value is -2.50. The number of Topliss-reactive ketones (excluding diaryl/α,β-unsaturated/α-hetero) is 2. The van der Waals surface area contributed by atoms with Gasteiger partial charge in [-0.05, 0) is 25.4 Å². The van der Waals surface area contributed by atoms with E-state index in [9.17, 15) is 14.4 Å². The van der Waals surface area contributed by atoms with Crippen LogP contribution >= 0.6 is 0 Å². The van der Waals surface area contributed by atoms with Crippen LogP contribution in [-0.2, 0) is 9.59 Å². The van der Waals surface area contributed by atoms with E-state index in [-0.39, 0.29) is 22.6 Å². The van der Waals surface area contributed by atoms with Gasteiger partial charge in [0.15, 0.2) is 5.78 Å². The van der Waals surface area contributed by atoms with Crippen LogP contribution in [0.1, 0.15) is 39.3 Å². The van der Waals surface area contributed by atoms with Crippen molar-refractivity contribution in [1.29, 1.82) is 0 Å². The van der Waals surface area contributed by atoms with Gasteiger partial charge in [-0.1, -0.05) is 6.07 Å². The summed E-state index contributed by atoms with van der Waals surface area (Å²) in [6, 6.07) is -0.203. The van der Waals surface area contributed by atoms with Gasteiger partial charge in [0.2, 0.25) is 0 Å². The Morgan fingerprint density at radius 2 is 2.38 bits per heavy atom. The molecule has 0 bridgehead atoms. The van der Waals surface area contributed by atoms with Crippen LogP contribution in [0.15, 0.2) is 23.0 Å². The molecule has 0 saturated heterocycles. The van der Waals surface area contributed by atoms with Crippen molar-refractivity contribution in [3.8, 4) is 0 Å². The van der Waals surface area contributed by atoms with Gasteiger partial charge >= 0.3 is 0 Å². The quantitative estimate of drug-likeness (QED) is 0.628. The minimum Gasteiger partial charge on any atom is -0.398 e. The smallest absolute Gasteiger partial charge is 0.264 e. The van der Waals surface area contributed by atoms with Gasteiger partial charge in [-0.25, -0.2) is 4.98 Å². The molecule has 1 aliphatic carbocycles. The Morgan fingerprint density at radius 1 is 1.57 bits per heavy atom. The van der Waals surface area contributed by atoms with E-state index in [1.807, 2.05) is 0 Å². The van der Waals surface area contributed by atoms with Gasteiger partial charge in [-0.15, -0.1) is 0 Å². The second kappa shape index (κ2) is 4.80. The molecule has 2 N–H and O–H groups in total. The Kier molecular flexibility index (Phi) is 1.84. The maximum Gasteiger partial charge on any atom is 0.264 e. The number of hydrogen-bond acceptors (Lipinski definition) is 5. The first kappa shape index (κ1) is 8.07. The van der Waals surface area contributed by atoms with Gasteiger partial charge in [0.05, 0.1) is 26.1 Å². The highest BCUT2D eigenvalue weighted by molar-refractivity contribution is 6.03. The predicted molar refractivity (Wildman–Crippen MR) is 78.1 cm³/mol. The second-order valence-electron chi connectivity index (χ2n) is 4.65. The number of fused-ring (bicyclic) bond motifs is 1. The number of hydrogen-bond donors (Lipinski definition) is 1. The average Bonchev–Trinajstić information content (AvgIpc) is 2.55. The normalized spacial score (nSPS) is 31.0. The lowest BCUT2D eigenvalue weighted by Gasteiger charge is -2.24. The van der Waals surface area contributed by atoms with E-state index >= 15 is 0 Å². The first-order valence-corrected chi connectivity index (χ1v) is 6.19. The Morgan fingerprint density at radius 3 is 3.14 bits per heavy atom. The number of carbonyl (C=O) groups excluding carboxylic acids is 2. The van der Waals surface area contributed by atoms with Crippen LogP contribution in [0.3, 0.4) is 0 Å². The molecule has 21 heavy (non-hydrogen) atoms. The molecule has 2 aromatic rings. The molecule has 3 rings (SSSR count). The average molecular weight is 291 g/mol. The molecule has 108 valence electrons. The Labute approximate surface area is 129 Å². The first-order valence-electron chi connectivity index (χ1n) is 9.26. The Balaban J connectivity index is 2.47. The van der Waals surface area contributed by atoms with Gasteiger partial charge in [0.1, 0.15) is 11.6 Å². The fourth-order valence-corrected chi connectivity index (χ4v) is 2.30. The minimum absolute atomic E-state index is 0.0882. The minimum atomic E-state index is -2.99. The zero-order valence-electron chi connectivity index (χ0n) is 16.8. The van der Waals surface area contributed by atoms with Gasteiger partial charge in [-0.3, -0.25) is 19.0 Å². The number of ketones is 2. The molecule has 1 heterocycles. The van der Waals surface area contributed by atoms with Crippen molar-refractivity contribution < 1.29 is 17.8 Å². The zero-order chi connectivity index (χ0) is 20.3. The third-order valence-corrected chi connectivity index (χ3v) is 3.30. The number of nitrogens with zero attached hydrogens (tertiary/aromatic N) is 2. The lowest BCUT2D eigenvalue weighted by Crippen LogP contribution is -2.36. The predicted octanol–water partition coefficient (Wildman–Crippen LogP) is 1.15. The van der Waals surface area contributed by atoms with Crippen molar-refractivity contribution in [2.45, 2.75) is 32.1 Å². The van der Waals surface area contributed by atoms with Crippen LogP contribution in [0.2, 0.25) is 0 Å². The third-order valence-electron chi connectivity index (χ3n) is 3.30. The maximum atomic E-state index is 13.1. The molecule has 1 fully saturated rings. The maximum absolute atomic E-state index is 13.1. The van der Waals surface area contributed by atoms with E-state index in [4.69, 9.17) is 14.0 Å². The topological polar surface area (TPSA) is 95.0 Å². The molecule has 0 spiro atoms. The van der Waals surface area contributed by atoms with Gasteiger partial charge in [0, 0.05) is 17.6 Å². The van der Waals surface area contributed by atoms with E-state index in [1.54, 1.807) is 0 Å². The van der Waals surface area contributed by atoms with E-state index in [1.165, 1.54) is 12.1 Å². The fourth-order valence-electron chi connectivity index (χ4n) is 2.30. The standard InChI is InChI=1S/C15H15N3O3/c1-8-17-11-4-2-3-10(16)14(11)15(21)18(8)12-6-5-9(19)7-13(12)20/h2-4,12H,5-7,16H2,1H3/i1D3,4D,5D,12D. The number of nitrogens with two attached hydrogens (primary N) is 1. The molecule has 2 unspecified atom stereocenters. The highest BCUT2D eigenvalue weighted by Gasteiger charge is 2.30.